The molecule has 1 aliphatic rings. The molecule has 4 rings (SSSR count). The summed E-state index contributed by atoms with van der Waals surface area (Å²) in [5, 5.41) is 12.7. The Balaban J connectivity index is 1.83. The zero-order valence-corrected chi connectivity index (χ0v) is 14.5. The number of amidine groups is 1. The smallest absolute Gasteiger partial charge is 0.236 e. The third kappa shape index (κ3) is 2.96. The SMILES string of the molecule is Cn1c(-c2ccccc2)c(/C=N\N=C2/NC(=O)CS2)c2ccccc21. The standard InChI is InChI=1S/C19H16N4OS/c1-23-16-10-6-5-9-14(16)15(18(23)13-7-3-2-4-8-13)11-20-22-19-21-17(24)12-25-19/h2-11H,12H2,1H3,(H,21,22,24)/b20-11-. The molecule has 0 atom stereocenters. The summed E-state index contributed by atoms with van der Waals surface area (Å²) in [5.41, 5.74) is 4.37. The number of rotatable bonds is 3. The Labute approximate surface area is 149 Å². The molecule has 1 N–H and O–H groups in total. The minimum Gasteiger partial charge on any atom is -0.343 e. The maximum Gasteiger partial charge on any atom is 0.236 e. The van der Waals surface area contributed by atoms with Gasteiger partial charge in [0.2, 0.25) is 5.91 Å². The molecule has 124 valence electrons. The van der Waals surface area contributed by atoms with E-state index in [1.54, 1.807) is 6.21 Å². The lowest BCUT2D eigenvalue weighted by Crippen LogP contribution is -2.19. The molecule has 5 nitrogen and oxygen atoms in total. The summed E-state index contributed by atoms with van der Waals surface area (Å²) in [5.74, 6) is 0.367. The van der Waals surface area contributed by atoms with Crippen LogP contribution in [-0.2, 0) is 11.8 Å². The van der Waals surface area contributed by atoms with Gasteiger partial charge in [-0.15, -0.1) is 5.10 Å². The van der Waals surface area contributed by atoms with Crippen LogP contribution in [0.25, 0.3) is 22.2 Å². The molecule has 2 aromatic carbocycles. The third-order valence-corrected chi connectivity index (χ3v) is 4.98. The van der Waals surface area contributed by atoms with E-state index in [1.165, 1.54) is 11.8 Å². The molecule has 25 heavy (non-hydrogen) atoms. The van der Waals surface area contributed by atoms with Gasteiger partial charge in [-0.25, -0.2) is 0 Å². The topological polar surface area (TPSA) is 58.8 Å². The van der Waals surface area contributed by atoms with Gasteiger partial charge in [0.25, 0.3) is 0 Å². The fourth-order valence-electron chi connectivity index (χ4n) is 3.02. The average Bonchev–Trinajstić information content (AvgIpc) is 3.18. The van der Waals surface area contributed by atoms with Crippen molar-refractivity contribution in [3.8, 4) is 11.3 Å². The van der Waals surface area contributed by atoms with Crippen LogP contribution in [0.2, 0.25) is 0 Å². The summed E-state index contributed by atoms with van der Waals surface area (Å²) in [6, 6.07) is 18.5. The van der Waals surface area contributed by atoms with Crippen LogP contribution in [0.1, 0.15) is 5.56 Å². The Bertz CT molecular complexity index is 1000. The Morgan fingerprint density at radius 3 is 2.64 bits per heavy atom. The van der Waals surface area contributed by atoms with Crippen LogP contribution in [0.15, 0.2) is 64.8 Å². The van der Waals surface area contributed by atoms with Crippen LogP contribution >= 0.6 is 11.8 Å². The number of hydrogen-bond donors (Lipinski definition) is 1. The molecule has 1 aliphatic heterocycles. The summed E-state index contributed by atoms with van der Waals surface area (Å²) in [7, 11) is 2.06. The monoisotopic (exact) mass is 348 g/mol. The van der Waals surface area contributed by atoms with Gasteiger partial charge in [0.1, 0.15) is 0 Å². The number of benzene rings is 2. The van der Waals surface area contributed by atoms with Crippen molar-refractivity contribution in [2.75, 3.05) is 5.75 Å². The lowest BCUT2D eigenvalue weighted by atomic mass is 10.1. The highest BCUT2D eigenvalue weighted by Crippen LogP contribution is 2.31. The van der Waals surface area contributed by atoms with Crippen LogP contribution < -0.4 is 5.32 Å². The maximum absolute atomic E-state index is 11.2. The molecule has 2 heterocycles. The van der Waals surface area contributed by atoms with E-state index in [-0.39, 0.29) is 5.91 Å². The van der Waals surface area contributed by atoms with Crippen LogP contribution in [0.4, 0.5) is 0 Å². The van der Waals surface area contributed by atoms with E-state index in [1.807, 2.05) is 30.3 Å². The number of aromatic nitrogens is 1. The van der Waals surface area contributed by atoms with Gasteiger partial charge in [0.05, 0.1) is 17.7 Å². The summed E-state index contributed by atoms with van der Waals surface area (Å²) in [6.07, 6.45) is 1.77. The molecule has 0 saturated carbocycles. The highest BCUT2D eigenvalue weighted by atomic mass is 32.2. The third-order valence-electron chi connectivity index (χ3n) is 4.12. The van der Waals surface area contributed by atoms with Crippen LogP contribution in [0.5, 0.6) is 0 Å². The van der Waals surface area contributed by atoms with E-state index in [2.05, 4.69) is 51.4 Å². The van der Waals surface area contributed by atoms with Crippen molar-refractivity contribution in [1.29, 1.82) is 0 Å². The first kappa shape index (κ1) is 15.7. The molecule has 0 aliphatic carbocycles. The fourth-order valence-corrected chi connectivity index (χ4v) is 3.65. The van der Waals surface area contributed by atoms with Gasteiger partial charge in [0.15, 0.2) is 5.17 Å². The van der Waals surface area contributed by atoms with Crippen LogP contribution in [-0.4, -0.2) is 27.6 Å². The van der Waals surface area contributed by atoms with Gasteiger partial charge >= 0.3 is 0 Å². The van der Waals surface area contributed by atoms with Gasteiger partial charge in [-0.2, -0.15) is 5.10 Å². The van der Waals surface area contributed by atoms with Gasteiger partial charge in [0, 0.05) is 23.5 Å². The lowest BCUT2D eigenvalue weighted by Gasteiger charge is -2.05. The maximum atomic E-state index is 11.2. The number of para-hydroxylation sites is 1. The molecule has 1 aromatic heterocycles. The first-order valence-corrected chi connectivity index (χ1v) is 8.89. The quantitative estimate of drug-likeness (QED) is 0.582. The van der Waals surface area contributed by atoms with Gasteiger partial charge in [-0.3, -0.25) is 4.79 Å². The van der Waals surface area contributed by atoms with Crippen molar-refractivity contribution in [3.63, 3.8) is 0 Å². The van der Waals surface area contributed by atoms with E-state index < -0.39 is 0 Å². The second kappa shape index (κ2) is 6.57. The second-order valence-corrected chi connectivity index (χ2v) is 6.66. The zero-order chi connectivity index (χ0) is 17.2. The van der Waals surface area contributed by atoms with Gasteiger partial charge in [-0.1, -0.05) is 60.3 Å². The molecule has 6 heteroatoms. The molecule has 0 spiro atoms. The molecule has 0 radical (unpaired) electrons. The Kier molecular flexibility index (Phi) is 4.11. The summed E-state index contributed by atoms with van der Waals surface area (Å²) >= 11 is 1.37. The summed E-state index contributed by atoms with van der Waals surface area (Å²) in [6.45, 7) is 0. The molecule has 3 aromatic rings. The van der Waals surface area contributed by atoms with Gasteiger partial charge < -0.3 is 9.88 Å². The van der Waals surface area contributed by atoms with Crippen molar-refractivity contribution in [1.82, 2.24) is 9.88 Å². The van der Waals surface area contributed by atoms with E-state index in [0.717, 1.165) is 27.7 Å². The van der Waals surface area contributed by atoms with E-state index >= 15 is 0 Å². The Hall–Kier alpha value is -2.86. The van der Waals surface area contributed by atoms with E-state index in [4.69, 9.17) is 0 Å². The van der Waals surface area contributed by atoms with E-state index in [0.29, 0.717) is 10.9 Å². The number of hydrogen-bond acceptors (Lipinski definition) is 4. The normalized spacial score (nSPS) is 16.2. The Morgan fingerprint density at radius 2 is 1.88 bits per heavy atom. The van der Waals surface area contributed by atoms with Crippen LogP contribution in [0, 0.1) is 0 Å². The van der Waals surface area contributed by atoms with Crippen molar-refractivity contribution in [2.45, 2.75) is 0 Å². The minimum absolute atomic E-state index is 0.0333. The highest BCUT2D eigenvalue weighted by Gasteiger charge is 2.17. The molecule has 1 saturated heterocycles. The molecular formula is C19H16N4OS. The second-order valence-electron chi connectivity index (χ2n) is 5.69. The zero-order valence-electron chi connectivity index (χ0n) is 13.6. The number of thioether (sulfide) groups is 1. The minimum atomic E-state index is -0.0333. The Morgan fingerprint density at radius 1 is 1.12 bits per heavy atom. The number of nitrogens with one attached hydrogen (secondary N) is 1. The number of aryl methyl sites for hydroxylation is 1. The first-order chi connectivity index (χ1) is 12.2. The number of amides is 1. The van der Waals surface area contributed by atoms with Crippen molar-refractivity contribution < 1.29 is 4.79 Å². The van der Waals surface area contributed by atoms with Crippen LogP contribution in [0.3, 0.4) is 0 Å². The largest absolute Gasteiger partial charge is 0.343 e. The van der Waals surface area contributed by atoms with E-state index in [9.17, 15) is 4.79 Å². The molecule has 1 amide bonds. The fraction of sp³-hybridized carbons (Fsp3) is 0.105. The molecule has 1 fully saturated rings. The number of fused-ring (bicyclic) bond motifs is 1. The molecule has 0 unspecified atom stereocenters. The van der Waals surface area contributed by atoms with Crippen molar-refractivity contribution in [2.24, 2.45) is 17.3 Å². The summed E-state index contributed by atoms with van der Waals surface area (Å²) < 4.78 is 2.17. The number of nitrogens with zero attached hydrogens (tertiary/aromatic N) is 3. The van der Waals surface area contributed by atoms with Gasteiger partial charge in [-0.05, 0) is 11.6 Å². The number of carbonyl (C=O) groups excluding carboxylic acids is 1. The van der Waals surface area contributed by atoms with Crippen molar-refractivity contribution in [3.05, 3.63) is 60.2 Å². The predicted octanol–water partition coefficient (Wildman–Crippen LogP) is 3.40. The molecule has 0 bridgehead atoms. The predicted molar refractivity (Wildman–Crippen MR) is 104 cm³/mol. The number of carbonyl (C=O) groups is 1. The molecular weight excluding hydrogens is 332 g/mol. The average molecular weight is 348 g/mol. The van der Waals surface area contributed by atoms with Crippen molar-refractivity contribution >= 4 is 40.0 Å². The first-order valence-electron chi connectivity index (χ1n) is 7.90. The lowest BCUT2D eigenvalue weighted by molar-refractivity contribution is -0.116. The highest BCUT2D eigenvalue weighted by molar-refractivity contribution is 8.15. The summed E-state index contributed by atoms with van der Waals surface area (Å²) in [4.78, 5) is 11.2.